The van der Waals surface area contributed by atoms with Crippen molar-refractivity contribution in [2.24, 2.45) is 5.73 Å². The fourth-order valence-electron chi connectivity index (χ4n) is 2.73. The van der Waals surface area contributed by atoms with E-state index in [0.717, 1.165) is 24.2 Å². The summed E-state index contributed by atoms with van der Waals surface area (Å²) in [5.74, 6) is 0.724. The number of amides is 1. The minimum atomic E-state index is -0.143. The van der Waals surface area contributed by atoms with E-state index >= 15 is 0 Å². The maximum atomic E-state index is 11.5. The van der Waals surface area contributed by atoms with Crippen LogP contribution in [0.5, 0.6) is 5.75 Å². The number of hydrogen-bond acceptors (Lipinski definition) is 4. The SMILES string of the molecule is COc1ccccc1C1(CNC(=O)CN)CCOCC1. The molecule has 0 atom stereocenters. The fraction of sp³-hybridized carbons (Fsp3) is 0.533. The summed E-state index contributed by atoms with van der Waals surface area (Å²) in [5, 5.41) is 2.92. The number of ether oxygens (including phenoxy) is 2. The van der Waals surface area contributed by atoms with Crippen LogP contribution in [0, 0.1) is 0 Å². The third-order valence-electron chi connectivity index (χ3n) is 3.94. The summed E-state index contributed by atoms with van der Waals surface area (Å²) in [5.41, 5.74) is 6.35. The molecule has 0 aromatic heterocycles. The highest BCUT2D eigenvalue weighted by atomic mass is 16.5. The van der Waals surface area contributed by atoms with Crippen LogP contribution in [0.2, 0.25) is 0 Å². The molecule has 1 aliphatic heterocycles. The van der Waals surface area contributed by atoms with Gasteiger partial charge in [0.15, 0.2) is 0 Å². The Kier molecular flexibility index (Phi) is 4.98. The van der Waals surface area contributed by atoms with E-state index in [1.54, 1.807) is 7.11 Å². The lowest BCUT2D eigenvalue weighted by molar-refractivity contribution is -0.120. The standard InChI is InChI=1S/C15H22N2O3/c1-19-13-5-3-2-4-12(13)15(6-8-20-9-7-15)11-17-14(18)10-16/h2-5H,6-11,16H2,1H3,(H,17,18). The zero-order valence-electron chi connectivity index (χ0n) is 11.9. The first-order valence-electron chi connectivity index (χ1n) is 6.90. The van der Waals surface area contributed by atoms with Crippen molar-refractivity contribution in [2.75, 3.05) is 33.4 Å². The van der Waals surface area contributed by atoms with Gasteiger partial charge < -0.3 is 20.5 Å². The number of carbonyl (C=O) groups is 1. The van der Waals surface area contributed by atoms with Gasteiger partial charge in [-0.25, -0.2) is 0 Å². The largest absolute Gasteiger partial charge is 0.496 e. The van der Waals surface area contributed by atoms with Crippen molar-refractivity contribution >= 4 is 5.91 Å². The smallest absolute Gasteiger partial charge is 0.233 e. The van der Waals surface area contributed by atoms with Gasteiger partial charge in [-0.1, -0.05) is 18.2 Å². The topological polar surface area (TPSA) is 73.6 Å². The van der Waals surface area contributed by atoms with Crippen LogP contribution in [0.25, 0.3) is 0 Å². The zero-order chi connectivity index (χ0) is 14.4. The second-order valence-corrected chi connectivity index (χ2v) is 5.07. The van der Waals surface area contributed by atoms with E-state index < -0.39 is 0 Å². The molecule has 0 aliphatic carbocycles. The average Bonchev–Trinajstić information content (AvgIpc) is 2.53. The molecular formula is C15H22N2O3. The number of hydrogen-bond donors (Lipinski definition) is 2. The van der Waals surface area contributed by atoms with Gasteiger partial charge in [0.1, 0.15) is 5.75 Å². The maximum Gasteiger partial charge on any atom is 0.233 e. The van der Waals surface area contributed by atoms with Crippen molar-refractivity contribution < 1.29 is 14.3 Å². The van der Waals surface area contributed by atoms with Gasteiger partial charge >= 0.3 is 0 Å². The third kappa shape index (κ3) is 3.11. The number of para-hydroxylation sites is 1. The van der Waals surface area contributed by atoms with Gasteiger partial charge in [-0.2, -0.15) is 0 Å². The molecule has 110 valence electrons. The minimum Gasteiger partial charge on any atom is -0.496 e. The monoisotopic (exact) mass is 278 g/mol. The molecule has 1 aromatic rings. The number of nitrogens with two attached hydrogens (primary N) is 1. The Bertz CT molecular complexity index is 456. The summed E-state index contributed by atoms with van der Waals surface area (Å²) >= 11 is 0. The molecule has 3 N–H and O–H groups in total. The highest BCUT2D eigenvalue weighted by Crippen LogP contribution is 2.39. The summed E-state index contributed by atoms with van der Waals surface area (Å²) < 4.78 is 11.0. The molecule has 1 heterocycles. The minimum absolute atomic E-state index is 0.0124. The predicted octanol–water partition coefficient (Wildman–Crippen LogP) is 0.818. The molecule has 1 amide bonds. The van der Waals surface area contributed by atoms with E-state index in [1.165, 1.54) is 0 Å². The van der Waals surface area contributed by atoms with Crippen molar-refractivity contribution in [3.63, 3.8) is 0 Å². The molecular weight excluding hydrogens is 256 g/mol. The Morgan fingerprint density at radius 2 is 2.10 bits per heavy atom. The summed E-state index contributed by atoms with van der Waals surface area (Å²) in [7, 11) is 1.67. The summed E-state index contributed by atoms with van der Waals surface area (Å²) in [6.07, 6.45) is 1.72. The van der Waals surface area contributed by atoms with Gasteiger partial charge in [-0.15, -0.1) is 0 Å². The van der Waals surface area contributed by atoms with E-state index in [0.29, 0.717) is 19.8 Å². The quantitative estimate of drug-likeness (QED) is 0.836. The molecule has 1 aromatic carbocycles. The fourth-order valence-corrected chi connectivity index (χ4v) is 2.73. The molecule has 2 rings (SSSR count). The molecule has 0 spiro atoms. The van der Waals surface area contributed by atoms with Crippen LogP contribution in [0.15, 0.2) is 24.3 Å². The Morgan fingerprint density at radius 1 is 1.40 bits per heavy atom. The lowest BCUT2D eigenvalue weighted by Crippen LogP contribution is -2.46. The van der Waals surface area contributed by atoms with Crippen molar-refractivity contribution in [1.29, 1.82) is 0 Å². The van der Waals surface area contributed by atoms with Gasteiger partial charge in [0.05, 0.1) is 13.7 Å². The molecule has 1 saturated heterocycles. The second kappa shape index (κ2) is 6.72. The molecule has 5 heteroatoms. The van der Waals surface area contributed by atoms with Gasteiger partial charge in [-0.05, 0) is 18.9 Å². The van der Waals surface area contributed by atoms with E-state index in [2.05, 4.69) is 11.4 Å². The Hall–Kier alpha value is -1.59. The molecule has 0 unspecified atom stereocenters. The highest BCUT2D eigenvalue weighted by molar-refractivity contribution is 5.77. The van der Waals surface area contributed by atoms with E-state index in [1.807, 2.05) is 18.2 Å². The number of nitrogens with one attached hydrogen (secondary N) is 1. The Labute approximate surface area is 119 Å². The van der Waals surface area contributed by atoms with Crippen LogP contribution < -0.4 is 15.8 Å². The normalized spacial score (nSPS) is 17.5. The molecule has 20 heavy (non-hydrogen) atoms. The summed E-state index contributed by atoms with van der Waals surface area (Å²) in [6.45, 7) is 1.96. The molecule has 0 bridgehead atoms. The number of rotatable bonds is 5. The molecule has 1 aliphatic rings. The Balaban J connectivity index is 2.28. The van der Waals surface area contributed by atoms with Crippen molar-refractivity contribution in [3.8, 4) is 5.75 Å². The first-order valence-corrected chi connectivity index (χ1v) is 6.90. The summed E-state index contributed by atoms with van der Waals surface area (Å²) in [6, 6.07) is 7.98. The Morgan fingerprint density at radius 3 is 2.75 bits per heavy atom. The first-order chi connectivity index (χ1) is 9.72. The van der Waals surface area contributed by atoms with Crippen LogP contribution in [-0.4, -0.2) is 39.3 Å². The van der Waals surface area contributed by atoms with Crippen LogP contribution in [0.3, 0.4) is 0 Å². The predicted molar refractivity (Wildman–Crippen MR) is 76.8 cm³/mol. The number of benzene rings is 1. The molecule has 0 radical (unpaired) electrons. The van der Waals surface area contributed by atoms with Gasteiger partial charge in [0, 0.05) is 30.7 Å². The summed E-state index contributed by atoms with van der Waals surface area (Å²) in [4.78, 5) is 11.5. The van der Waals surface area contributed by atoms with Gasteiger partial charge in [0.2, 0.25) is 5.91 Å². The van der Waals surface area contributed by atoms with E-state index in [9.17, 15) is 4.79 Å². The maximum absolute atomic E-state index is 11.5. The van der Waals surface area contributed by atoms with Gasteiger partial charge in [0.25, 0.3) is 0 Å². The molecule has 1 fully saturated rings. The number of methoxy groups -OCH3 is 1. The van der Waals surface area contributed by atoms with Crippen molar-refractivity contribution in [2.45, 2.75) is 18.3 Å². The van der Waals surface area contributed by atoms with Crippen molar-refractivity contribution in [1.82, 2.24) is 5.32 Å². The molecule has 0 saturated carbocycles. The first kappa shape index (κ1) is 14.8. The lowest BCUT2D eigenvalue weighted by atomic mass is 9.73. The molecule has 5 nitrogen and oxygen atoms in total. The highest BCUT2D eigenvalue weighted by Gasteiger charge is 2.36. The second-order valence-electron chi connectivity index (χ2n) is 5.07. The van der Waals surface area contributed by atoms with E-state index in [4.69, 9.17) is 15.2 Å². The lowest BCUT2D eigenvalue weighted by Gasteiger charge is -2.38. The average molecular weight is 278 g/mol. The van der Waals surface area contributed by atoms with Crippen LogP contribution >= 0.6 is 0 Å². The van der Waals surface area contributed by atoms with Crippen molar-refractivity contribution in [3.05, 3.63) is 29.8 Å². The van der Waals surface area contributed by atoms with Crippen LogP contribution in [-0.2, 0) is 14.9 Å². The van der Waals surface area contributed by atoms with E-state index in [-0.39, 0.29) is 17.9 Å². The third-order valence-corrected chi connectivity index (χ3v) is 3.94. The number of carbonyl (C=O) groups excluding carboxylic acids is 1. The van der Waals surface area contributed by atoms with Crippen LogP contribution in [0.1, 0.15) is 18.4 Å². The van der Waals surface area contributed by atoms with Gasteiger partial charge in [-0.3, -0.25) is 4.79 Å². The van der Waals surface area contributed by atoms with Crippen LogP contribution in [0.4, 0.5) is 0 Å². The zero-order valence-corrected chi connectivity index (χ0v) is 11.9.